The number of amides is 1. The number of nitrogens with zero attached hydrogens (tertiary/aromatic N) is 3. The number of likely N-dealkylation sites (tertiary alicyclic amines) is 1. The Kier molecular flexibility index (Phi) is 5.03. The van der Waals surface area contributed by atoms with Crippen LogP contribution < -0.4 is 4.74 Å². The van der Waals surface area contributed by atoms with E-state index in [4.69, 9.17) is 4.74 Å². The highest BCUT2D eigenvalue weighted by molar-refractivity contribution is 5.76. The van der Waals surface area contributed by atoms with Gasteiger partial charge in [-0.2, -0.15) is 5.10 Å². The number of benzene rings is 1. The molecule has 1 saturated heterocycles. The molecule has 4 rings (SSSR count). The van der Waals surface area contributed by atoms with E-state index in [1.807, 2.05) is 0 Å². The van der Waals surface area contributed by atoms with Crippen LogP contribution in [0.15, 0.2) is 30.3 Å². The molecule has 1 aromatic heterocycles. The zero-order chi connectivity index (χ0) is 19.8. The Labute approximate surface area is 161 Å². The molecule has 28 heavy (non-hydrogen) atoms. The summed E-state index contributed by atoms with van der Waals surface area (Å²) < 4.78 is 47.1. The Bertz CT molecular complexity index is 870. The first-order chi connectivity index (χ1) is 13.4. The molecule has 2 fully saturated rings. The van der Waals surface area contributed by atoms with E-state index in [0.717, 1.165) is 17.5 Å². The summed E-state index contributed by atoms with van der Waals surface area (Å²) in [5.74, 6) is 0.00755. The number of halogens is 3. The maximum atomic E-state index is 13.9. The summed E-state index contributed by atoms with van der Waals surface area (Å²) in [4.78, 5) is 14.4. The van der Waals surface area contributed by atoms with Gasteiger partial charge in [0.2, 0.25) is 5.91 Å². The van der Waals surface area contributed by atoms with Gasteiger partial charge in [-0.3, -0.25) is 9.48 Å². The van der Waals surface area contributed by atoms with Crippen LogP contribution in [0.5, 0.6) is 5.75 Å². The molecule has 150 valence electrons. The monoisotopic (exact) mass is 393 g/mol. The normalized spacial score (nSPS) is 24.0. The van der Waals surface area contributed by atoms with Gasteiger partial charge in [-0.25, -0.2) is 13.2 Å². The van der Waals surface area contributed by atoms with Crippen molar-refractivity contribution in [1.82, 2.24) is 14.7 Å². The molecule has 2 aromatic rings. The number of carbonyl (C=O) groups is 1. The van der Waals surface area contributed by atoms with Crippen molar-refractivity contribution in [3.05, 3.63) is 47.5 Å². The fourth-order valence-electron chi connectivity index (χ4n) is 4.36. The highest BCUT2D eigenvalue weighted by Gasteiger charge is 2.45. The van der Waals surface area contributed by atoms with Crippen molar-refractivity contribution in [2.24, 2.45) is 11.8 Å². The number of ether oxygens (including phenoxy) is 1. The van der Waals surface area contributed by atoms with Gasteiger partial charge in [0.25, 0.3) is 6.43 Å². The second-order valence-corrected chi connectivity index (χ2v) is 7.56. The lowest BCUT2D eigenvalue weighted by atomic mass is 9.99. The molecule has 1 aliphatic heterocycles. The van der Waals surface area contributed by atoms with Gasteiger partial charge in [0.1, 0.15) is 18.3 Å². The first-order valence-corrected chi connectivity index (χ1v) is 9.44. The lowest BCUT2D eigenvalue weighted by Gasteiger charge is -2.22. The van der Waals surface area contributed by atoms with E-state index in [1.165, 1.54) is 12.1 Å². The smallest absolute Gasteiger partial charge is 0.280 e. The number of fused-ring (bicyclic) bond motifs is 1. The molecule has 0 radical (unpaired) electrons. The average Bonchev–Trinajstić information content (AvgIpc) is 3.32. The Morgan fingerprint density at radius 3 is 2.82 bits per heavy atom. The van der Waals surface area contributed by atoms with E-state index in [1.54, 1.807) is 30.0 Å². The van der Waals surface area contributed by atoms with Crippen LogP contribution in [-0.2, 0) is 11.3 Å². The number of alkyl halides is 2. The molecule has 0 spiro atoms. The highest BCUT2D eigenvalue weighted by atomic mass is 19.3. The summed E-state index contributed by atoms with van der Waals surface area (Å²) in [7, 11) is 0. The third-order valence-corrected chi connectivity index (χ3v) is 5.70. The average molecular weight is 393 g/mol. The van der Waals surface area contributed by atoms with E-state index < -0.39 is 12.2 Å². The van der Waals surface area contributed by atoms with Crippen LogP contribution in [0.1, 0.15) is 30.7 Å². The fraction of sp³-hybridized carbons (Fsp3) is 0.500. The number of aryl methyl sites for hydroxylation is 1. The van der Waals surface area contributed by atoms with Gasteiger partial charge in [-0.05, 0) is 43.9 Å². The Morgan fingerprint density at radius 2 is 2.07 bits per heavy atom. The molecule has 0 unspecified atom stereocenters. The molecule has 1 saturated carbocycles. The second kappa shape index (κ2) is 7.48. The lowest BCUT2D eigenvalue weighted by Crippen LogP contribution is -2.35. The summed E-state index contributed by atoms with van der Waals surface area (Å²) in [5, 5.41) is 4.02. The van der Waals surface area contributed by atoms with Gasteiger partial charge in [-0.15, -0.1) is 0 Å². The fourth-order valence-corrected chi connectivity index (χ4v) is 4.36. The SMILES string of the molecule is Cc1cc(C(F)F)n(CC(=O)N2C[C@@H]3CC[C@H](Oc4ccccc4F)[C@@H]3C2)n1. The largest absolute Gasteiger partial charge is 0.487 e. The number of aromatic nitrogens is 2. The standard InChI is InChI=1S/C20H22F3N3O2/c1-12-8-16(20(22)23)26(24-12)11-19(27)25-9-13-6-7-17(14(13)10-25)28-18-5-3-2-4-15(18)21/h2-5,8,13-14,17,20H,6-7,9-11H2,1H3/t13-,14+,17-/m0/s1. The number of rotatable bonds is 5. The molecule has 0 bridgehead atoms. The van der Waals surface area contributed by atoms with Crippen LogP contribution >= 0.6 is 0 Å². The zero-order valence-electron chi connectivity index (χ0n) is 15.5. The highest BCUT2D eigenvalue weighted by Crippen LogP contribution is 2.40. The first kappa shape index (κ1) is 18.8. The van der Waals surface area contributed by atoms with Gasteiger partial charge in [-0.1, -0.05) is 12.1 Å². The third kappa shape index (κ3) is 3.59. The van der Waals surface area contributed by atoms with Crippen molar-refractivity contribution in [2.75, 3.05) is 13.1 Å². The third-order valence-electron chi connectivity index (χ3n) is 5.70. The summed E-state index contributed by atoms with van der Waals surface area (Å²) in [6.07, 6.45) is -1.11. The maximum Gasteiger partial charge on any atom is 0.280 e. The van der Waals surface area contributed by atoms with Crippen LogP contribution in [0.3, 0.4) is 0 Å². The van der Waals surface area contributed by atoms with E-state index in [0.29, 0.717) is 18.8 Å². The van der Waals surface area contributed by atoms with Crippen molar-refractivity contribution in [1.29, 1.82) is 0 Å². The van der Waals surface area contributed by atoms with Crippen molar-refractivity contribution in [3.63, 3.8) is 0 Å². The molecule has 2 aliphatic rings. The lowest BCUT2D eigenvalue weighted by molar-refractivity contribution is -0.131. The van der Waals surface area contributed by atoms with Crippen LogP contribution in [-0.4, -0.2) is 39.8 Å². The topological polar surface area (TPSA) is 47.4 Å². The van der Waals surface area contributed by atoms with Crippen molar-refractivity contribution in [2.45, 2.75) is 38.8 Å². The Hall–Kier alpha value is -2.51. The molecular weight excluding hydrogens is 371 g/mol. The molecule has 8 heteroatoms. The minimum absolute atomic E-state index is 0.123. The van der Waals surface area contributed by atoms with Gasteiger partial charge in [0, 0.05) is 19.0 Å². The maximum absolute atomic E-state index is 13.9. The predicted molar refractivity (Wildman–Crippen MR) is 95.5 cm³/mol. The Morgan fingerprint density at radius 1 is 1.29 bits per heavy atom. The van der Waals surface area contributed by atoms with E-state index >= 15 is 0 Å². The van der Waals surface area contributed by atoms with Crippen LogP contribution in [0.25, 0.3) is 0 Å². The van der Waals surface area contributed by atoms with Gasteiger partial charge >= 0.3 is 0 Å². The van der Waals surface area contributed by atoms with E-state index in [9.17, 15) is 18.0 Å². The van der Waals surface area contributed by atoms with Crippen molar-refractivity contribution < 1.29 is 22.7 Å². The zero-order valence-corrected chi connectivity index (χ0v) is 15.5. The van der Waals surface area contributed by atoms with Crippen molar-refractivity contribution in [3.8, 4) is 5.75 Å². The first-order valence-electron chi connectivity index (χ1n) is 9.44. The molecule has 1 aromatic carbocycles. The summed E-state index contributed by atoms with van der Waals surface area (Å²) in [5.41, 5.74) is 0.214. The molecule has 0 N–H and O–H groups in total. The molecule has 1 amide bonds. The summed E-state index contributed by atoms with van der Waals surface area (Å²) in [6.45, 7) is 2.49. The van der Waals surface area contributed by atoms with E-state index in [-0.39, 0.29) is 41.8 Å². The predicted octanol–water partition coefficient (Wildman–Crippen LogP) is 3.58. The molecule has 2 heterocycles. The molecule has 3 atom stereocenters. The second-order valence-electron chi connectivity index (χ2n) is 7.56. The van der Waals surface area contributed by atoms with Crippen LogP contribution in [0.2, 0.25) is 0 Å². The van der Waals surface area contributed by atoms with E-state index in [2.05, 4.69) is 5.10 Å². The van der Waals surface area contributed by atoms with Crippen LogP contribution in [0, 0.1) is 24.6 Å². The molecular formula is C20H22F3N3O2. The molecule has 1 aliphatic carbocycles. The van der Waals surface area contributed by atoms with Crippen LogP contribution in [0.4, 0.5) is 13.2 Å². The van der Waals surface area contributed by atoms with Gasteiger partial charge < -0.3 is 9.64 Å². The molecule has 5 nitrogen and oxygen atoms in total. The number of para-hydroxylation sites is 1. The van der Waals surface area contributed by atoms with Crippen molar-refractivity contribution >= 4 is 5.91 Å². The summed E-state index contributed by atoms with van der Waals surface area (Å²) >= 11 is 0. The number of carbonyl (C=O) groups excluding carboxylic acids is 1. The minimum Gasteiger partial charge on any atom is -0.487 e. The Balaban J connectivity index is 1.41. The quantitative estimate of drug-likeness (QED) is 0.780. The summed E-state index contributed by atoms with van der Waals surface area (Å²) in [6, 6.07) is 7.60. The van der Waals surface area contributed by atoms with Gasteiger partial charge in [0.05, 0.1) is 5.69 Å². The van der Waals surface area contributed by atoms with Gasteiger partial charge in [0.15, 0.2) is 11.6 Å². The number of hydrogen-bond donors (Lipinski definition) is 0. The minimum atomic E-state index is -2.68. The number of hydrogen-bond acceptors (Lipinski definition) is 3.